The highest BCUT2D eigenvalue weighted by Crippen LogP contribution is 2.38. The number of rotatable bonds is 7. The van der Waals surface area contributed by atoms with Crippen LogP contribution >= 0.6 is 0 Å². The molecule has 3 unspecified atom stereocenters. The SMILES string of the molecule is CNC(CN(C)CC1CC1C)c1ccccc1OC. The van der Waals surface area contributed by atoms with Gasteiger partial charge in [-0.2, -0.15) is 0 Å². The molecule has 3 nitrogen and oxygen atoms in total. The Morgan fingerprint density at radius 3 is 2.68 bits per heavy atom. The van der Waals surface area contributed by atoms with Gasteiger partial charge >= 0.3 is 0 Å². The maximum absolute atomic E-state index is 5.46. The Bertz CT molecular complexity index is 407. The molecule has 0 aromatic heterocycles. The van der Waals surface area contributed by atoms with Crippen molar-refractivity contribution in [2.24, 2.45) is 11.8 Å². The van der Waals surface area contributed by atoms with E-state index >= 15 is 0 Å². The smallest absolute Gasteiger partial charge is 0.123 e. The number of methoxy groups -OCH3 is 1. The summed E-state index contributed by atoms with van der Waals surface area (Å²) in [5.41, 5.74) is 1.24. The molecular formula is C16H26N2O. The van der Waals surface area contributed by atoms with E-state index in [1.54, 1.807) is 7.11 Å². The van der Waals surface area contributed by atoms with Crippen LogP contribution in [0.15, 0.2) is 24.3 Å². The molecule has 1 aliphatic carbocycles. The first-order valence-corrected chi connectivity index (χ1v) is 7.14. The number of likely N-dealkylation sites (N-methyl/N-ethyl adjacent to an activating group) is 2. The maximum atomic E-state index is 5.46. The van der Waals surface area contributed by atoms with Crippen molar-refractivity contribution >= 4 is 0 Å². The van der Waals surface area contributed by atoms with E-state index in [9.17, 15) is 0 Å². The molecule has 0 aliphatic heterocycles. The van der Waals surface area contributed by atoms with Gasteiger partial charge in [0.1, 0.15) is 5.75 Å². The second kappa shape index (κ2) is 6.40. The van der Waals surface area contributed by atoms with Crippen LogP contribution in [0.25, 0.3) is 0 Å². The molecule has 3 atom stereocenters. The minimum atomic E-state index is 0.315. The van der Waals surface area contributed by atoms with E-state index in [-0.39, 0.29) is 0 Å². The third-order valence-electron chi connectivity index (χ3n) is 4.18. The summed E-state index contributed by atoms with van der Waals surface area (Å²) in [6, 6.07) is 8.58. The lowest BCUT2D eigenvalue weighted by Crippen LogP contribution is -2.32. The largest absolute Gasteiger partial charge is 0.496 e. The van der Waals surface area contributed by atoms with E-state index < -0.39 is 0 Å². The monoisotopic (exact) mass is 262 g/mol. The number of hydrogen-bond donors (Lipinski definition) is 1. The van der Waals surface area contributed by atoms with Crippen molar-refractivity contribution in [1.29, 1.82) is 0 Å². The van der Waals surface area contributed by atoms with Crippen molar-refractivity contribution in [2.45, 2.75) is 19.4 Å². The van der Waals surface area contributed by atoms with E-state index in [4.69, 9.17) is 4.74 Å². The molecule has 1 aliphatic rings. The molecular weight excluding hydrogens is 236 g/mol. The van der Waals surface area contributed by atoms with Gasteiger partial charge in [0.05, 0.1) is 7.11 Å². The number of para-hydroxylation sites is 1. The van der Waals surface area contributed by atoms with Crippen LogP contribution in [0.1, 0.15) is 24.9 Å². The van der Waals surface area contributed by atoms with Crippen LogP contribution < -0.4 is 10.1 Å². The van der Waals surface area contributed by atoms with Crippen LogP contribution in [-0.2, 0) is 0 Å². The topological polar surface area (TPSA) is 24.5 Å². The molecule has 0 spiro atoms. The van der Waals surface area contributed by atoms with Crippen molar-refractivity contribution in [3.8, 4) is 5.75 Å². The van der Waals surface area contributed by atoms with Crippen molar-refractivity contribution in [3.05, 3.63) is 29.8 Å². The zero-order valence-electron chi connectivity index (χ0n) is 12.5. The van der Waals surface area contributed by atoms with Crippen LogP contribution in [0.4, 0.5) is 0 Å². The summed E-state index contributed by atoms with van der Waals surface area (Å²) in [6.07, 6.45) is 1.39. The van der Waals surface area contributed by atoms with Gasteiger partial charge in [-0.15, -0.1) is 0 Å². The molecule has 0 bridgehead atoms. The minimum Gasteiger partial charge on any atom is -0.496 e. The molecule has 0 heterocycles. The molecule has 1 aromatic rings. The zero-order valence-corrected chi connectivity index (χ0v) is 12.5. The normalized spacial score (nSPS) is 23.4. The van der Waals surface area contributed by atoms with Crippen molar-refractivity contribution in [1.82, 2.24) is 10.2 Å². The van der Waals surface area contributed by atoms with Gasteiger partial charge in [-0.1, -0.05) is 25.1 Å². The quantitative estimate of drug-likeness (QED) is 0.817. The van der Waals surface area contributed by atoms with E-state index in [0.29, 0.717) is 6.04 Å². The molecule has 3 heteroatoms. The molecule has 0 amide bonds. The first-order valence-electron chi connectivity index (χ1n) is 7.14. The third-order valence-corrected chi connectivity index (χ3v) is 4.18. The van der Waals surface area contributed by atoms with Crippen LogP contribution in [-0.4, -0.2) is 39.2 Å². The molecule has 0 radical (unpaired) electrons. The van der Waals surface area contributed by atoms with Crippen LogP contribution in [0.3, 0.4) is 0 Å². The Hall–Kier alpha value is -1.06. The molecule has 19 heavy (non-hydrogen) atoms. The van der Waals surface area contributed by atoms with E-state index in [1.165, 1.54) is 18.5 Å². The van der Waals surface area contributed by atoms with Gasteiger partial charge in [0.15, 0.2) is 0 Å². The highest BCUT2D eigenvalue weighted by molar-refractivity contribution is 5.36. The van der Waals surface area contributed by atoms with E-state index in [1.807, 2.05) is 19.2 Å². The van der Waals surface area contributed by atoms with E-state index in [2.05, 4.69) is 36.3 Å². The molecule has 0 saturated heterocycles. The van der Waals surface area contributed by atoms with Gasteiger partial charge in [-0.25, -0.2) is 0 Å². The van der Waals surface area contributed by atoms with Crippen molar-refractivity contribution < 1.29 is 4.74 Å². The summed E-state index contributed by atoms with van der Waals surface area (Å²) in [5, 5.41) is 3.41. The van der Waals surface area contributed by atoms with Gasteiger partial charge in [-0.3, -0.25) is 0 Å². The Labute approximate surface area is 116 Å². The second-order valence-electron chi connectivity index (χ2n) is 5.78. The number of ether oxygens (including phenoxy) is 1. The van der Waals surface area contributed by atoms with Gasteiger partial charge in [-0.05, 0) is 38.4 Å². The lowest BCUT2D eigenvalue weighted by atomic mass is 10.1. The first-order chi connectivity index (χ1) is 9.15. The molecule has 1 N–H and O–H groups in total. The third kappa shape index (κ3) is 3.71. The summed E-state index contributed by atoms with van der Waals surface area (Å²) in [5.74, 6) is 2.79. The van der Waals surface area contributed by atoms with Gasteiger partial charge in [0, 0.05) is 24.7 Å². The van der Waals surface area contributed by atoms with Gasteiger partial charge in [0.25, 0.3) is 0 Å². The highest BCUT2D eigenvalue weighted by atomic mass is 16.5. The summed E-state index contributed by atoms with van der Waals surface area (Å²) >= 11 is 0. The second-order valence-corrected chi connectivity index (χ2v) is 5.78. The summed E-state index contributed by atoms with van der Waals surface area (Å²) in [4.78, 5) is 2.43. The lowest BCUT2D eigenvalue weighted by Gasteiger charge is -2.25. The fraction of sp³-hybridized carbons (Fsp3) is 0.625. The first kappa shape index (κ1) is 14.4. The standard InChI is InChI=1S/C16H26N2O/c1-12-9-13(12)10-18(3)11-15(17-2)14-7-5-6-8-16(14)19-4/h5-8,12-13,15,17H,9-11H2,1-4H3. The average molecular weight is 262 g/mol. The predicted octanol–water partition coefficient (Wildman–Crippen LogP) is 2.54. The Kier molecular flexibility index (Phi) is 4.83. The van der Waals surface area contributed by atoms with Gasteiger partial charge < -0.3 is 15.0 Å². The maximum Gasteiger partial charge on any atom is 0.123 e. The predicted molar refractivity (Wildman–Crippen MR) is 79.6 cm³/mol. The summed E-state index contributed by atoms with van der Waals surface area (Å²) in [6.45, 7) is 4.56. The molecule has 1 fully saturated rings. The Morgan fingerprint density at radius 2 is 2.11 bits per heavy atom. The summed E-state index contributed by atoms with van der Waals surface area (Å²) < 4.78 is 5.46. The fourth-order valence-electron chi connectivity index (χ4n) is 2.74. The Morgan fingerprint density at radius 1 is 1.42 bits per heavy atom. The number of nitrogens with zero attached hydrogens (tertiary/aromatic N) is 1. The number of benzene rings is 1. The molecule has 2 rings (SSSR count). The fourth-order valence-corrected chi connectivity index (χ4v) is 2.74. The van der Waals surface area contributed by atoms with Crippen LogP contribution in [0.5, 0.6) is 5.75 Å². The van der Waals surface area contributed by atoms with Crippen molar-refractivity contribution in [2.75, 3.05) is 34.3 Å². The molecule has 1 aromatic carbocycles. The average Bonchev–Trinajstić information content (AvgIpc) is 3.11. The van der Waals surface area contributed by atoms with E-state index in [0.717, 1.165) is 24.1 Å². The van der Waals surface area contributed by atoms with Crippen LogP contribution in [0.2, 0.25) is 0 Å². The number of hydrogen-bond acceptors (Lipinski definition) is 3. The molecule has 1 saturated carbocycles. The lowest BCUT2D eigenvalue weighted by molar-refractivity contribution is 0.278. The molecule has 106 valence electrons. The number of nitrogens with one attached hydrogen (secondary N) is 1. The Balaban J connectivity index is 1.98. The minimum absolute atomic E-state index is 0.315. The van der Waals surface area contributed by atoms with Gasteiger partial charge in [0.2, 0.25) is 0 Å². The zero-order chi connectivity index (χ0) is 13.8. The summed E-state index contributed by atoms with van der Waals surface area (Å²) in [7, 11) is 5.97. The van der Waals surface area contributed by atoms with Crippen molar-refractivity contribution in [3.63, 3.8) is 0 Å². The van der Waals surface area contributed by atoms with Crippen LogP contribution in [0, 0.1) is 11.8 Å². The highest BCUT2D eigenvalue weighted by Gasteiger charge is 2.33.